The number of hydrazine groups is 1. The van der Waals surface area contributed by atoms with Gasteiger partial charge < -0.3 is 9.26 Å². The highest BCUT2D eigenvalue weighted by Gasteiger charge is 2.12. The molecule has 0 saturated carbocycles. The van der Waals surface area contributed by atoms with E-state index in [-0.39, 0.29) is 24.9 Å². The maximum Gasteiger partial charge on any atom is 0.276 e. The zero-order valence-corrected chi connectivity index (χ0v) is 15.5. The van der Waals surface area contributed by atoms with Crippen LogP contribution in [0.15, 0.2) is 33.3 Å². The van der Waals surface area contributed by atoms with Crippen LogP contribution >= 0.6 is 15.9 Å². The quantitative estimate of drug-likeness (QED) is 0.676. The fraction of sp³-hybridized carbons (Fsp3) is 0.375. The van der Waals surface area contributed by atoms with Crippen LogP contribution in [-0.2, 0) is 16.0 Å². The van der Waals surface area contributed by atoms with Crippen LogP contribution in [0, 0.1) is 0 Å². The number of halogens is 1. The smallest absolute Gasteiger partial charge is 0.276 e. The van der Waals surface area contributed by atoms with Gasteiger partial charge in [-0.25, -0.2) is 0 Å². The van der Waals surface area contributed by atoms with Crippen LogP contribution in [0.5, 0.6) is 5.75 Å². The highest BCUT2D eigenvalue weighted by Crippen LogP contribution is 2.15. The van der Waals surface area contributed by atoms with Crippen molar-refractivity contribution >= 4 is 27.7 Å². The first-order valence-corrected chi connectivity index (χ1v) is 8.52. The van der Waals surface area contributed by atoms with E-state index >= 15 is 0 Å². The van der Waals surface area contributed by atoms with Crippen molar-refractivity contribution in [3.63, 3.8) is 0 Å². The number of aryl methyl sites for hydroxylation is 1. The molecule has 0 bridgehead atoms. The van der Waals surface area contributed by atoms with Gasteiger partial charge in [0.1, 0.15) is 5.75 Å². The minimum Gasteiger partial charge on any atom is -0.484 e. The number of hydrogen-bond acceptors (Lipinski definition) is 6. The molecule has 2 amide bonds. The van der Waals surface area contributed by atoms with Crippen LogP contribution in [0.2, 0.25) is 0 Å². The lowest BCUT2D eigenvalue weighted by atomic mass is 10.2. The Kier molecular flexibility index (Phi) is 6.93. The molecule has 1 heterocycles. The van der Waals surface area contributed by atoms with E-state index in [0.717, 1.165) is 4.47 Å². The molecule has 9 heteroatoms. The molecule has 0 aliphatic rings. The third-order valence-corrected chi connectivity index (χ3v) is 3.62. The molecule has 0 aliphatic carbocycles. The molecule has 134 valence electrons. The number of nitrogens with zero attached hydrogens (tertiary/aromatic N) is 2. The van der Waals surface area contributed by atoms with E-state index in [9.17, 15) is 9.59 Å². The Balaban J connectivity index is 1.65. The van der Waals surface area contributed by atoms with Gasteiger partial charge in [-0.05, 0) is 24.3 Å². The van der Waals surface area contributed by atoms with Gasteiger partial charge in [-0.1, -0.05) is 34.9 Å². The van der Waals surface area contributed by atoms with E-state index in [1.807, 2.05) is 13.8 Å². The molecule has 1 aromatic heterocycles. The molecular weight excluding hydrogens is 392 g/mol. The second-order valence-corrected chi connectivity index (χ2v) is 6.46. The second kappa shape index (κ2) is 9.16. The monoisotopic (exact) mass is 410 g/mol. The Hall–Kier alpha value is -2.42. The summed E-state index contributed by atoms with van der Waals surface area (Å²) in [5, 5.41) is 3.82. The summed E-state index contributed by atoms with van der Waals surface area (Å²) in [6.45, 7) is 3.70. The summed E-state index contributed by atoms with van der Waals surface area (Å²) in [4.78, 5) is 27.5. The molecule has 2 N–H and O–H groups in total. The van der Waals surface area contributed by atoms with Gasteiger partial charge in [0.05, 0.1) is 0 Å². The number of carbonyl (C=O) groups excluding carboxylic acids is 2. The molecule has 0 aliphatic heterocycles. The van der Waals surface area contributed by atoms with Crippen LogP contribution in [0.4, 0.5) is 0 Å². The number of carbonyl (C=O) groups is 2. The van der Waals surface area contributed by atoms with Gasteiger partial charge in [0.25, 0.3) is 5.91 Å². The molecule has 2 rings (SSSR count). The third-order valence-electron chi connectivity index (χ3n) is 3.09. The Morgan fingerprint density at radius 1 is 1.20 bits per heavy atom. The standard InChI is InChI=1S/C16H19BrN4O4/c1-10(2)16-18-15(25-21-16)8-7-13(22)19-20-14(23)9-24-12-5-3-11(17)4-6-12/h3-6,10H,7-9H2,1-2H3,(H,19,22)(H,20,23). The predicted molar refractivity (Wildman–Crippen MR) is 92.6 cm³/mol. The molecule has 8 nitrogen and oxygen atoms in total. The van der Waals surface area contributed by atoms with Crippen LogP contribution in [0.25, 0.3) is 0 Å². The largest absolute Gasteiger partial charge is 0.484 e. The molecule has 25 heavy (non-hydrogen) atoms. The van der Waals surface area contributed by atoms with E-state index in [4.69, 9.17) is 9.26 Å². The minimum atomic E-state index is -0.462. The van der Waals surface area contributed by atoms with Crippen LogP contribution in [0.3, 0.4) is 0 Å². The van der Waals surface area contributed by atoms with Gasteiger partial charge in [-0.3, -0.25) is 20.4 Å². The lowest BCUT2D eigenvalue weighted by molar-refractivity contribution is -0.130. The van der Waals surface area contributed by atoms with E-state index in [1.165, 1.54) is 0 Å². The normalized spacial score (nSPS) is 10.6. The van der Waals surface area contributed by atoms with Crippen molar-refractivity contribution in [2.45, 2.75) is 32.6 Å². The molecule has 2 aromatic rings. The van der Waals surface area contributed by atoms with E-state index in [1.54, 1.807) is 24.3 Å². The van der Waals surface area contributed by atoms with Crippen LogP contribution in [0.1, 0.15) is 37.9 Å². The van der Waals surface area contributed by atoms with Gasteiger partial charge in [-0.2, -0.15) is 4.98 Å². The van der Waals surface area contributed by atoms with Crippen LogP contribution < -0.4 is 15.6 Å². The van der Waals surface area contributed by atoms with Crippen LogP contribution in [-0.4, -0.2) is 28.6 Å². The SMILES string of the molecule is CC(C)c1noc(CCC(=O)NNC(=O)COc2ccc(Br)cc2)n1. The summed E-state index contributed by atoms with van der Waals surface area (Å²) in [5.41, 5.74) is 4.60. The van der Waals surface area contributed by atoms with Crippen molar-refractivity contribution in [2.24, 2.45) is 0 Å². The molecular formula is C16H19BrN4O4. The summed E-state index contributed by atoms with van der Waals surface area (Å²) in [6, 6.07) is 7.06. The van der Waals surface area contributed by atoms with E-state index in [0.29, 0.717) is 23.9 Å². The summed E-state index contributed by atoms with van der Waals surface area (Å²) in [5.74, 6) is 0.897. The average molecular weight is 411 g/mol. The number of ether oxygens (including phenoxy) is 1. The number of rotatable bonds is 7. The van der Waals surface area contributed by atoms with Crippen molar-refractivity contribution in [1.82, 2.24) is 21.0 Å². The lowest BCUT2D eigenvalue weighted by Gasteiger charge is -2.08. The highest BCUT2D eigenvalue weighted by molar-refractivity contribution is 9.10. The fourth-order valence-corrected chi connectivity index (χ4v) is 2.01. The molecule has 0 unspecified atom stereocenters. The Morgan fingerprint density at radius 2 is 1.88 bits per heavy atom. The molecule has 0 saturated heterocycles. The summed E-state index contributed by atoms with van der Waals surface area (Å²) < 4.78 is 11.3. The third kappa shape index (κ3) is 6.54. The highest BCUT2D eigenvalue weighted by atomic mass is 79.9. The van der Waals surface area contributed by atoms with Crippen molar-refractivity contribution < 1.29 is 18.8 Å². The van der Waals surface area contributed by atoms with Gasteiger partial charge >= 0.3 is 0 Å². The molecule has 0 radical (unpaired) electrons. The maximum atomic E-state index is 11.7. The average Bonchev–Trinajstić information content (AvgIpc) is 3.07. The fourth-order valence-electron chi connectivity index (χ4n) is 1.74. The maximum absolute atomic E-state index is 11.7. The summed E-state index contributed by atoms with van der Waals surface area (Å²) >= 11 is 3.31. The lowest BCUT2D eigenvalue weighted by Crippen LogP contribution is -2.43. The molecule has 1 aromatic carbocycles. The zero-order valence-electron chi connectivity index (χ0n) is 13.9. The Labute approximate surface area is 153 Å². The van der Waals surface area contributed by atoms with E-state index < -0.39 is 5.91 Å². The molecule has 0 atom stereocenters. The van der Waals surface area contributed by atoms with Crippen molar-refractivity contribution in [3.05, 3.63) is 40.5 Å². The van der Waals surface area contributed by atoms with Gasteiger partial charge in [0, 0.05) is 23.2 Å². The number of amides is 2. The van der Waals surface area contributed by atoms with Gasteiger partial charge in [-0.15, -0.1) is 0 Å². The first kappa shape index (κ1) is 18.9. The number of benzene rings is 1. The Bertz CT molecular complexity index is 715. The van der Waals surface area contributed by atoms with Crippen molar-refractivity contribution in [3.8, 4) is 5.75 Å². The second-order valence-electron chi connectivity index (χ2n) is 5.54. The molecule has 0 spiro atoms. The van der Waals surface area contributed by atoms with Gasteiger partial charge in [0.15, 0.2) is 12.4 Å². The van der Waals surface area contributed by atoms with Gasteiger partial charge in [0.2, 0.25) is 11.8 Å². The topological polar surface area (TPSA) is 106 Å². The first-order chi connectivity index (χ1) is 11.9. The first-order valence-electron chi connectivity index (χ1n) is 7.72. The zero-order chi connectivity index (χ0) is 18.2. The predicted octanol–water partition coefficient (Wildman–Crippen LogP) is 2.11. The number of hydrogen-bond donors (Lipinski definition) is 2. The summed E-state index contributed by atoms with van der Waals surface area (Å²) in [7, 11) is 0. The number of aromatic nitrogens is 2. The Morgan fingerprint density at radius 3 is 2.52 bits per heavy atom. The molecule has 0 fully saturated rings. The van der Waals surface area contributed by atoms with Crippen molar-refractivity contribution in [1.29, 1.82) is 0 Å². The minimum absolute atomic E-state index is 0.119. The van der Waals surface area contributed by atoms with E-state index in [2.05, 4.69) is 36.9 Å². The number of nitrogens with one attached hydrogen (secondary N) is 2. The van der Waals surface area contributed by atoms with Crippen molar-refractivity contribution in [2.75, 3.05) is 6.61 Å². The summed E-state index contributed by atoms with van der Waals surface area (Å²) in [6.07, 6.45) is 0.421.